The molecule has 1 atom stereocenters. The van der Waals surface area contributed by atoms with Gasteiger partial charge in [-0.1, -0.05) is 6.42 Å². The fourth-order valence-corrected chi connectivity index (χ4v) is 1.60. The van der Waals surface area contributed by atoms with E-state index in [1.54, 1.807) is 18.5 Å². The predicted octanol–water partition coefficient (Wildman–Crippen LogP) is 0.998. The van der Waals surface area contributed by atoms with Crippen molar-refractivity contribution in [3.8, 4) is 6.01 Å². The molecule has 1 fully saturated rings. The van der Waals surface area contributed by atoms with Crippen molar-refractivity contribution in [3.63, 3.8) is 0 Å². The molecule has 2 heterocycles. The lowest BCUT2D eigenvalue weighted by Gasteiger charge is -2.22. The zero-order valence-corrected chi connectivity index (χ0v) is 8.15. The fraction of sp³-hybridized carbons (Fsp3) is 0.600. The zero-order chi connectivity index (χ0) is 9.64. The number of piperidine rings is 1. The molecule has 1 aromatic heterocycles. The number of nitrogens with zero attached hydrogens (tertiary/aromatic N) is 2. The van der Waals surface area contributed by atoms with Crippen molar-refractivity contribution in [2.75, 3.05) is 13.2 Å². The van der Waals surface area contributed by atoms with Crippen molar-refractivity contribution in [3.05, 3.63) is 18.5 Å². The smallest absolute Gasteiger partial charge is 0.316 e. The van der Waals surface area contributed by atoms with Crippen molar-refractivity contribution < 1.29 is 4.74 Å². The van der Waals surface area contributed by atoms with E-state index in [0.29, 0.717) is 18.7 Å². The first-order valence-electron chi connectivity index (χ1n) is 5.08. The van der Waals surface area contributed by atoms with Gasteiger partial charge in [-0.05, 0) is 25.5 Å². The van der Waals surface area contributed by atoms with Crippen molar-refractivity contribution >= 4 is 0 Å². The molecule has 76 valence electrons. The zero-order valence-electron chi connectivity index (χ0n) is 8.15. The normalized spacial score (nSPS) is 21.9. The second-order valence-corrected chi connectivity index (χ2v) is 3.49. The Morgan fingerprint density at radius 1 is 1.36 bits per heavy atom. The Morgan fingerprint density at radius 2 is 2.21 bits per heavy atom. The van der Waals surface area contributed by atoms with Gasteiger partial charge in [0.15, 0.2) is 0 Å². The summed E-state index contributed by atoms with van der Waals surface area (Å²) in [7, 11) is 0. The van der Waals surface area contributed by atoms with Crippen molar-refractivity contribution in [1.82, 2.24) is 15.3 Å². The molecular formula is C10H15N3O. The van der Waals surface area contributed by atoms with Gasteiger partial charge in [0.1, 0.15) is 6.61 Å². The Labute approximate surface area is 83.7 Å². The molecule has 0 aromatic carbocycles. The first kappa shape index (κ1) is 9.40. The molecule has 4 heteroatoms. The van der Waals surface area contributed by atoms with E-state index in [1.165, 1.54) is 19.3 Å². The lowest BCUT2D eigenvalue weighted by molar-refractivity contribution is 0.224. The third-order valence-corrected chi connectivity index (χ3v) is 2.37. The molecule has 0 bridgehead atoms. The van der Waals surface area contributed by atoms with Crippen LogP contribution in [0.1, 0.15) is 19.3 Å². The molecule has 0 aliphatic carbocycles. The fourth-order valence-electron chi connectivity index (χ4n) is 1.60. The molecule has 0 spiro atoms. The molecule has 0 saturated carbocycles. The number of aromatic nitrogens is 2. The SMILES string of the molecule is c1cnc(OCC2CCCCN2)nc1. The highest BCUT2D eigenvalue weighted by Gasteiger charge is 2.13. The van der Waals surface area contributed by atoms with Crippen LogP contribution in [0.2, 0.25) is 0 Å². The van der Waals surface area contributed by atoms with Gasteiger partial charge in [-0.25, -0.2) is 9.97 Å². The number of rotatable bonds is 3. The quantitative estimate of drug-likeness (QED) is 0.778. The van der Waals surface area contributed by atoms with Crippen LogP contribution in [0, 0.1) is 0 Å². The highest BCUT2D eigenvalue weighted by molar-refractivity contribution is 4.93. The molecule has 0 amide bonds. The average Bonchev–Trinajstić information content (AvgIpc) is 2.29. The summed E-state index contributed by atoms with van der Waals surface area (Å²) >= 11 is 0. The molecule has 0 radical (unpaired) electrons. The summed E-state index contributed by atoms with van der Waals surface area (Å²) in [6.07, 6.45) is 7.13. The summed E-state index contributed by atoms with van der Waals surface area (Å²) in [6.45, 7) is 1.77. The number of ether oxygens (including phenoxy) is 1. The first-order valence-corrected chi connectivity index (χ1v) is 5.08. The molecular weight excluding hydrogens is 178 g/mol. The van der Waals surface area contributed by atoms with E-state index in [9.17, 15) is 0 Å². The largest absolute Gasteiger partial charge is 0.462 e. The summed E-state index contributed by atoms with van der Waals surface area (Å²) in [5, 5.41) is 3.41. The van der Waals surface area contributed by atoms with Gasteiger partial charge in [-0.2, -0.15) is 0 Å². The van der Waals surface area contributed by atoms with Gasteiger partial charge < -0.3 is 10.1 Å². The summed E-state index contributed by atoms with van der Waals surface area (Å²) in [6, 6.07) is 2.72. The van der Waals surface area contributed by atoms with E-state index in [4.69, 9.17) is 4.74 Å². The summed E-state index contributed by atoms with van der Waals surface area (Å²) in [5.41, 5.74) is 0. The van der Waals surface area contributed by atoms with Gasteiger partial charge in [0.05, 0.1) is 0 Å². The minimum Gasteiger partial charge on any atom is -0.462 e. The Bertz CT molecular complexity index is 259. The van der Waals surface area contributed by atoms with Crippen LogP contribution in [0.15, 0.2) is 18.5 Å². The van der Waals surface area contributed by atoms with Gasteiger partial charge in [-0.15, -0.1) is 0 Å². The van der Waals surface area contributed by atoms with Crippen LogP contribution in [0.5, 0.6) is 6.01 Å². The van der Waals surface area contributed by atoms with Gasteiger partial charge >= 0.3 is 6.01 Å². The van der Waals surface area contributed by atoms with E-state index >= 15 is 0 Å². The number of hydrogen-bond donors (Lipinski definition) is 1. The Kier molecular flexibility index (Phi) is 3.29. The molecule has 1 aromatic rings. The maximum Gasteiger partial charge on any atom is 0.316 e. The molecule has 1 unspecified atom stereocenters. The first-order chi connectivity index (χ1) is 6.95. The van der Waals surface area contributed by atoms with Gasteiger partial charge in [0.25, 0.3) is 0 Å². The van der Waals surface area contributed by atoms with E-state index < -0.39 is 0 Å². The van der Waals surface area contributed by atoms with E-state index in [0.717, 1.165) is 6.54 Å². The lowest BCUT2D eigenvalue weighted by Crippen LogP contribution is -2.38. The minimum absolute atomic E-state index is 0.465. The Balaban J connectivity index is 1.76. The maximum atomic E-state index is 5.46. The van der Waals surface area contributed by atoms with E-state index in [2.05, 4.69) is 15.3 Å². The average molecular weight is 193 g/mol. The molecule has 1 N–H and O–H groups in total. The lowest BCUT2D eigenvalue weighted by atomic mass is 10.1. The Hall–Kier alpha value is -1.16. The van der Waals surface area contributed by atoms with Crippen LogP contribution >= 0.6 is 0 Å². The second-order valence-electron chi connectivity index (χ2n) is 3.49. The molecule has 1 saturated heterocycles. The third kappa shape index (κ3) is 2.67. The molecule has 2 rings (SSSR count). The van der Waals surface area contributed by atoms with Gasteiger partial charge in [0.2, 0.25) is 0 Å². The van der Waals surface area contributed by atoms with Crippen LogP contribution in [-0.4, -0.2) is 29.2 Å². The van der Waals surface area contributed by atoms with Crippen LogP contribution in [-0.2, 0) is 0 Å². The van der Waals surface area contributed by atoms with Gasteiger partial charge in [-0.3, -0.25) is 0 Å². The predicted molar refractivity (Wildman–Crippen MR) is 53.2 cm³/mol. The topological polar surface area (TPSA) is 47.0 Å². The summed E-state index contributed by atoms with van der Waals surface area (Å²) < 4.78 is 5.46. The van der Waals surface area contributed by atoms with E-state index in [-0.39, 0.29) is 0 Å². The van der Waals surface area contributed by atoms with Crippen molar-refractivity contribution in [1.29, 1.82) is 0 Å². The van der Waals surface area contributed by atoms with E-state index in [1.807, 2.05) is 0 Å². The summed E-state index contributed by atoms with van der Waals surface area (Å²) in [5.74, 6) is 0. The van der Waals surface area contributed by atoms with Crippen LogP contribution in [0.25, 0.3) is 0 Å². The van der Waals surface area contributed by atoms with Gasteiger partial charge in [0, 0.05) is 18.4 Å². The third-order valence-electron chi connectivity index (χ3n) is 2.37. The van der Waals surface area contributed by atoms with Crippen LogP contribution in [0.4, 0.5) is 0 Å². The second kappa shape index (κ2) is 4.91. The molecule has 1 aliphatic heterocycles. The molecule has 1 aliphatic rings. The highest BCUT2D eigenvalue weighted by Crippen LogP contribution is 2.08. The van der Waals surface area contributed by atoms with Crippen LogP contribution in [0.3, 0.4) is 0 Å². The van der Waals surface area contributed by atoms with Crippen molar-refractivity contribution in [2.45, 2.75) is 25.3 Å². The summed E-state index contributed by atoms with van der Waals surface area (Å²) in [4.78, 5) is 8.00. The van der Waals surface area contributed by atoms with Crippen molar-refractivity contribution in [2.24, 2.45) is 0 Å². The molecule has 14 heavy (non-hydrogen) atoms. The number of hydrogen-bond acceptors (Lipinski definition) is 4. The monoisotopic (exact) mass is 193 g/mol. The maximum absolute atomic E-state index is 5.46. The number of nitrogens with one attached hydrogen (secondary N) is 1. The van der Waals surface area contributed by atoms with Crippen LogP contribution < -0.4 is 10.1 Å². The highest BCUT2D eigenvalue weighted by atomic mass is 16.5. The standard InChI is InChI=1S/C10H15N3O/c1-2-5-11-9(4-1)8-14-10-12-6-3-7-13-10/h3,6-7,9,11H,1-2,4-5,8H2. The minimum atomic E-state index is 0.465. The Morgan fingerprint density at radius 3 is 2.93 bits per heavy atom. The molecule has 4 nitrogen and oxygen atoms in total.